The third-order valence-corrected chi connectivity index (χ3v) is 22.5. The van der Waals surface area contributed by atoms with Gasteiger partial charge >= 0.3 is 0 Å². The second kappa shape index (κ2) is 25.8. The first-order chi connectivity index (χ1) is 52.0. The summed E-state index contributed by atoms with van der Waals surface area (Å²) in [5.74, 6) is 1.68. The minimum Gasteiger partial charge on any atom is -0.458 e. The molecule has 0 amide bonds. The van der Waals surface area contributed by atoms with E-state index in [1.54, 1.807) is 0 Å². The number of hydrogen-bond acceptors (Lipinski definition) is 6. The standard InChI is InChI=1S/C97H66B2N4OS/c1-65-27-24-44-82(72-36-16-6-17-37-72)97(65)103-88-64-93-86(63-85(88)99-84-46-21-23-48-91(84)104-92-61-80(59-89(103)95(92)99)100(76-53-49-70(50-54-76)66-28-8-2-9-29-66)78-42-25-38-73(57-78)68-32-12-4-13-33-68)98-83-45-20-22-47-87(83)102(75-40-18-7-19-41-75)90-60-81(62-94(105-93)96(90)98)101(77-55-51-71(52-56-77)67-30-10-3-11-31-67)79-43-26-39-74(58-79)69-34-14-5-15-35-69/h2-64H,1H3. The zero-order chi connectivity index (χ0) is 69.5. The molecule has 4 aliphatic heterocycles. The summed E-state index contributed by atoms with van der Waals surface area (Å²) < 4.78 is 7.51. The molecule has 0 saturated heterocycles. The van der Waals surface area contributed by atoms with E-state index in [9.17, 15) is 0 Å². The van der Waals surface area contributed by atoms with E-state index in [1.807, 2.05) is 11.8 Å². The summed E-state index contributed by atoms with van der Waals surface area (Å²) in [7, 11) is 0. The first-order valence-electron chi connectivity index (χ1n) is 36.1. The molecular weight excluding hydrogens is 1290 g/mol. The first-order valence-corrected chi connectivity index (χ1v) is 36.9. The average Bonchev–Trinajstić information content (AvgIpc) is 0.689. The lowest BCUT2D eigenvalue weighted by Gasteiger charge is -2.44. The maximum Gasteiger partial charge on any atom is 0.256 e. The van der Waals surface area contributed by atoms with Crippen molar-refractivity contribution in [3.8, 4) is 67.1 Å². The van der Waals surface area contributed by atoms with Gasteiger partial charge in [0.1, 0.15) is 11.5 Å². The third kappa shape index (κ3) is 10.7. The van der Waals surface area contributed by atoms with Gasteiger partial charge in [0.25, 0.3) is 6.71 Å². The van der Waals surface area contributed by atoms with E-state index >= 15 is 0 Å². The number of ether oxygens (including phenoxy) is 1. The van der Waals surface area contributed by atoms with Gasteiger partial charge in [-0.3, -0.25) is 0 Å². The highest BCUT2D eigenvalue weighted by Crippen LogP contribution is 2.53. The molecule has 0 aliphatic carbocycles. The van der Waals surface area contributed by atoms with Crippen LogP contribution in [0.15, 0.2) is 392 Å². The van der Waals surface area contributed by atoms with Gasteiger partial charge in [0.05, 0.1) is 11.4 Å². The third-order valence-electron chi connectivity index (χ3n) is 21.4. The van der Waals surface area contributed by atoms with Crippen molar-refractivity contribution in [3.05, 3.63) is 388 Å². The van der Waals surface area contributed by atoms with Crippen LogP contribution in [0.4, 0.5) is 68.2 Å². The molecule has 5 nitrogen and oxygen atoms in total. The molecule has 20 rings (SSSR count). The lowest BCUT2D eigenvalue weighted by Crippen LogP contribution is -2.63. The van der Waals surface area contributed by atoms with Gasteiger partial charge < -0.3 is 24.3 Å². The number of fused-ring (bicyclic) bond motifs is 8. The fraction of sp³-hybridized carbons (Fsp3) is 0.0103. The van der Waals surface area contributed by atoms with Crippen molar-refractivity contribution in [2.75, 3.05) is 19.6 Å². The molecule has 8 heteroatoms. The molecule has 0 fully saturated rings. The van der Waals surface area contributed by atoms with Crippen LogP contribution in [0.5, 0.6) is 11.5 Å². The zero-order valence-corrected chi connectivity index (χ0v) is 58.4. The van der Waals surface area contributed by atoms with Gasteiger partial charge in [-0.15, -0.1) is 0 Å². The van der Waals surface area contributed by atoms with Crippen LogP contribution >= 0.6 is 11.8 Å². The number of rotatable bonds is 13. The lowest BCUT2D eigenvalue weighted by molar-refractivity contribution is 0.487. The zero-order valence-electron chi connectivity index (χ0n) is 57.6. The van der Waals surface area contributed by atoms with Gasteiger partial charge in [-0.25, -0.2) is 0 Å². The Labute approximate surface area is 618 Å². The van der Waals surface area contributed by atoms with E-state index in [4.69, 9.17) is 4.74 Å². The molecular formula is C97H66B2N4OS. The Kier molecular flexibility index (Phi) is 15.2. The topological polar surface area (TPSA) is 22.2 Å². The smallest absolute Gasteiger partial charge is 0.256 e. The van der Waals surface area contributed by atoms with Crippen LogP contribution in [0.25, 0.3) is 55.6 Å². The van der Waals surface area contributed by atoms with Gasteiger partial charge in [0, 0.05) is 78.3 Å². The van der Waals surface area contributed by atoms with Gasteiger partial charge in [-0.2, -0.15) is 0 Å². The Morgan fingerprint density at radius 3 is 1.30 bits per heavy atom. The molecule has 0 spiro atoms. The highest BCUT2D eigenvalue weighted by molar-refractivity contribution is 8.00. The predicted octanol–water partition coefficient (Wildman–Crippen LogP) is 22.4. The summed E-state index contributed by atoms with van der Waals surface area (Å²) in [6, 6.07) is 141. The second-order valence-electron chi connectivity index (χ2n) is 27.5. The molecule has 16 aromatic rings. The highest BCUT2D eigenvalue weighted by Gasteiger charge is 2.47. The Hall–Kier alpha value is -13.0. The fourth-order valence-electron chi connectivity index (χ4n) is 16.7. The second-order valence-corrected chi connectivity index (χ2v) is 28.6. The maximum absolute atomic E-state index is 7.51. The summed E-state index contributed by atoms with van der Waals surface area (Å²) in [6.07, 6.45) is 0. The van der Waals surface area contributed by atoms with Gasteiger partial charge in [0.15, 0.2) is 0 Å². The van der Waals surface area contributed by atoms with Crippen molar-refractivity contribution in [2.24, 2.45) is 0 Å². The van der Waals surface area contributed by atoms with Crippen LogP contribution in [0.1, 0.15) is 5.56 Å². The van der Waals surface area contributed by atoms with E-state index < -0.39 is 0 Å². The summed E-state index contributed by atoms with van der Waals surface area (Å²) >= 11 is 1.90. The van der Waals surface area contributed by atoms with Crippen LogP contribution in [0, 0.1) is 6.92 Å². The van der Waals surface area contributed by atoms with Crippen molar-refractivity contribution in [1.82, 2.24) is 0 Å². The molecule has 0 saturated carbocycles. The predicted molar refractivity (Wildman–Crippen MR) is 443 cm³/mol. The number of nitrogens with zero attached hydrogens (tertiary/aromatic N) is 4. The van der Waals surface area contributed by atoms with Gasteiger partial charge in [-0.1, -0.05) is 296 Å². The molecule has 0 aromatic heterocycles. The summed E-state index contributed by atoms with van der Waals surface area (Å²) in [5.41, 5.74) is 33.0. The number of hydrogen-bond donors (Lipinski definition) is 0. The molecule has 16 aromatic carbocycles. The minimum absolute atomic E-state index is 0.139. The number of para-hydroxylation sites is 4. The summed E-state index contributed by atoms with van der Waals surface area (Å²) in [5, 5.41) is 0. The molecule has 105 heavy (non-hydrogen) atoms. The van der Waals surface area contributed by atoms with Gasteiger partial charge in [-0.05, 0) is 187 Å². The van der Waals surface area contributed by atoms with Crippen LogP contribution in [-0.2, 0) is 0 Å². The van der Waals surface area contributed by atoms with E-state index in [0.717, 1.165) is 135 Å². The Morgan fingerprint density at radius 2 is 0.724 bits per heavy atom. The van der Waals surface area contributed by atoms with Crippen molar-refractivity contribution in [1.29, 1.82) is 0 Å². The Bertz CT molecular complexity index is 6010. The molecule has 0 unspecified atom stereocenters. The first kappa shape index (κ1) is 61.8. The molecule has 4 aliphatic rings. The molecule has 0 atom stereocenters. The average molecular weight is 1360 g/mol. The lowest BCUT2D eigenvalue weighted by atomic mass is 9.31. The monoisotopic (exact) mass is 1360 g/mol. The van der Waals surface area contributed by atoms with Crippen molar-refractivity contribution >= 4 is 126 Å². The molecule has 0 radical (unpaired) electrons. The normalized spacial score (nSPS) is 12.6. The molecule has 0 bridgehead atoms. The largest absolute Gasteiger partial charge is 0.458 e. The van der Waals surface area contributed by atoms with Crippen LogP contribution < -0.4 is 57.1 Å². The van der Waals surface area contributed by atoms with E-state index in [0.29, 0.717) is 0 Å². The number of aryl methyl sites for hydroxylation is 1. The molecule has 4 heterocycles. The summed E-state index contributed by atoms with van der Waals surface area (Å²) in [4.78, 5) is 12.4. The van der Waals surface area contributed by atoms with E-state index in [1.165, 1.54) is 48.3 Å². The molecule has 492 valence electrons. The Balaban J connectivity index is 0.837. The number of anilines is 12. The van der Waals surface area contributed by atoms with E-state index in [-0.39, 0.29) is 13.4 Å². The van der Waals surface area contributed by atoms with Crippen LogP contribution in [0.3, 0.4) is 0 Å². The summed E-state index contributed by atoms with van der Waals surface area (Å²) in [6.45, 7) is 1.93. The Morgan fingerprint density at radius 1 is 0.267 bits per heavy atom. The highest BCUT2D eigenvalue weighted by atomic mass is 32.2. The van der Waals surface area contributed by atoms with Gasteiger partial charge in [0.2, 0.25) is 6.71 Å². The van der Waals surface area contributed by atoms with Crippen molar-refractivity contribution in [2.45, 2.75) is 16.7 Å². The fourth-order valence-corrected chi connectivity index (χ4v) is 17.9. The van der Waals surface area contributed by atoms with Crippen molar-refractivity contribution in [3.63, 3.8) is 0 Å². The maximum atomic E-state index is 7.51. The van der Waals surface area contributed by atoms with Crippen LogP contribution in [0.2, 0.25) is 0 Å². The quantitative estimate of drug-likeness (QED) is 0.107. The van der Waals surface area contributed by atoms with Crippen molar-refractivity contribution < 1.29 is 4.74 Å². The SMILES string of the molecule is Cc1cccc(-c2ccccc2)c1N1c2cc3c(cc2B2c4ccccc4Oc4cc(N(c5ccc(-c6ccccc6)cc5)c5cccc(-c6ccccc6)c5)cc1c42)B1c2ccccc2N(c2ccccc2)c2cc(N(c4ccc(-c5ccccc5)cc4)c4cccc(-c5ccccc5)c4)cc(c21)S3. The van der Waals surface area contributed by atoms with Crippen LogP contribution in [-0.4, -0.2) is 13.4 Å². The van der Waals surface area contributed by atoms with E-state index in [2.05, 4.69) is 409 Å². The minimum atomic E-state index is -0.212. The molecule has 0 N–H and O–H groups in total. The number of benzene rings is 16.